The van der Waals surface area contributed by atoms with Crippen LogP contribution in [0.4, 0.5) is 20.2 Å². The first-order valence-electron chi connectivity index (χ1n) is 7.74. The minimum Gasteiger partial charge on any atom is -0.494 e. The van der Waals surface area contributed by atoms with E-state index in [4.69, 9.17) is 4.74 Å². The molecule has 0 aliphatic carbocycles. The summed E-state index contributed by atoms with van der Waals surface area (Å²) in [5.74, 6) is -1.86. The lowest BCUT2D eigenvalue weighted by atomic mass is 10.2. The number of anilines is 2. The van der Waals surface area contributed by atoms with Gasteiger partial charge in [-0.25, -0.2) is 8.78 Å². The molecule has 0 radical (unpaired) electrons. The number of nitrogens with zero attached hydrogens (tertiary/aromatic N) is 1. The molecule has 130 valence electrons. The van der Waals surface area contributed by atoms with Gasteiger partial charge in [-0.2, -0.15) is 0 Å². The Morgan fingerprint density at radius 3 is 2.48 bits per heavy atom. The van der Waals surface area contributed by atoms with Crippen LogP contribution in [0.5, 0.6) is 5.75 Å². The fourth-order valence-electron chi connectivity index (χ4n) is 2.77. The lowest BCUT2D eigenvalue weighted by Gasteiger charge is -2.19. The molecular weight excluding hydrogens is 330 g/mol. The zero-order valence-corrected chi connectivity index (χ0v) is 13.5. The number of halogens is 2. The normalized spacial score (nSPS) is 13.9. The zero-order chi connectivity index (χ0) is 18.0. The molecule has 25 heavy (non-hydrogen) atoms. The summed E-state index contributed by atoms with van der Waals surface area (Å²) in [6.07, 6.45) is 1.28. The van der Waals surface area contributed by atoms with Gasteiger partial charge in [0.05, 0.1) is 12.8 Å². The lowest BCUT2D eigenvalue weighted by molar-refractivity contribution is -0.117. The Kier molecular flexibility index (Phi) is 4.65. The number of carbonyl (C=O) groups excluding carboxylic acids is 2. The molecule has 0 atom stereocenters. The van der Waals surface area contributed by atoms with E-state index in [-0.39, 0.29) is 11.5 Å². The molecule has 1 aliphatic rings. The number of amides is 2. The van der Waals surface area contributed by atoms with E-state index in [2.05, 4.69) is 5.32 Å². The van der Waals surface area contributed by atoms with Crippen LogP contribution in [0.25, 0.3) is 0 Å². The fourth-order valence-corrected chi connectivity index (χ4v) is 2.77. The molecule has 2 amide bonds. The first-order chi connectivity index (χ1) is 12.0. The molecule has 0 aromatic heterocycles. The Morgan fingerprint density at radius 1 is 1.16 bits per heavy atom. The maximum absolute atomic E-state index is 13.2. The van der Waals surface area contributed by atoms with Gasteiger partial charge in [0.1, 0.15) is 17.4 Å². The predicted octanol–water partition coefficient (Wildman–Crippen LogP) is 3.35. The van der Waals surface area contributed by atoms with Crippen molar-refractivity contribution in [3.05, 3.63) is 53.6 Å². The van der Waals surface area contributed by atoms with E-state index < -0.39 is 17.5 Å². The zero-order valence-electron chi connectivity index (χ0n) is 13.5. The predicted molar refractivity (Wildman–Crippen MR) is 88.9 cm³/mol. The van der Waals surface area contributed by atoms with Gasteiger partial charge in [0.15, 0.2) is 0 Å². The molecule has 2 aromatic carbocycles. The lowest BCUT2D eigenvalue weighted by Crippen LogP contribution is -2.24. The summed E-state index contributed by atoms with van der Waals surface area (Å²) in [4.78, 5) is 25.7. The molecule has 2 aromatic rings. The molecule has 0 bridgehead atoms. The topological polar surface area (TPSA) is 58.6 Å². The maximum atomic E-state index is 13.2. The van der Waals surface area contributed by atoms with Crippen LogP contribution in [-0.2, 0) is 4.79 Å². The van der Waals surface area contributed by atoms with Crippen LogP contribution in [-0.4, -0.2) is 25.5 Å². The SMILES string of the molecule is COc1cc(NC(=O)c2cc(F)cc(F)c2)ccc1N1CCCC1=O. The van der Waals surface area contributed by atoms with Crippen molar-refractivity contribution in [2.45, 2.75) is 12.8 Å². The largest absolute Gasteiger partial charge is 0.494 e. The highest BCUT2D eigenvalue weighted by Gasteiger charge is 2.24. The summed E-state index contributed by atoms with van der Waals surface area (Å²) < 4.78 is 31.8. The summed E-state index contributed by atoms with van der Waals surface area (Å²) in [7, 11) is 1.47. The van der Waals surface area contributed by atoms with Crippen LogP contribution in [0, 0.1) is 11.6 Å². The van der Waals surface area contributed by atoms with Gasteiger partial charge in [-0.05, 0) is 30.7 Å². The summed E-state index contributed by atoms with van der Waals surface area (Å²) >= 11 is 0. The quantitative estimate of drug-likeness (QED) is 0.924. The number of methoxy groups -OCH3 is 1. The monoisotopic (exact) mass is 346 g/mol. The van der Waals surface area contributed by atoms with Gasteiger partial charge >= 0.3 is 0 Å². The van der Waals surface area contributed by atoms with Gasteiger partial charge < -0.3 is 15.0 Å². The smallest absolute Gasteiger partial charge is 0.255 e. The van der Waals surface area contributed by atoms with Crippen molar-refractivity contribution in [3.8, 4) is 5.75 Å². The molecule has 5 nitrogen and oxygen atoms in total. The summed E-state index contributed by atoms with van der Waals surface area (Å²) in [6, 6.07) is 7.44. The standard InChI is InChI=1S/C18H16F2N2O3/c1-25-16-10-14(4-5-15(16)22-6-2-3-17(22)23)21-18(24)11-7-12(19)9-13(20)8-11/h4-5,7-10H,2-3,6H2,1H3,(H,21,24). The molecule has 0 spiro atoms. The van der Waals surface area contributed by atoms with Crippen LogP contribution in [0.2, 0.25) is 0 Å². The van der Waals surface area contributed by atoms with Crippen LogP contribution < -0.4 is 15.0 Å². The van der Waals surface area contributed by atoms with E-state index in [0.29, 0.717) is 36.2 Å². The number of ether oxygens (including phenoxy) is 1. The molecule has 0 unspecified atom stereocenters. The van der Waals surface area contributed by atoms with Gasteiger partial charge in [0.25, 0.3) is 5.91 Å². The highest BCUT2D eigenvalue weighted by Crippen LogP contribution is 2.34. The second-order valence-corrected chi connectivity index (χ2v) is 5.65. The van der Waals surface area contributed by atoms with Gasteiger partial charge in [-0.15, -0.1) is 0 Å². The molecule has 1 aliphatic heterocycles. The van der Waals surface area contributed by atoms with Gasteiger partial charge in [0, 0.05) is 36.3 Å². The van der Waals surface area contributed by atoms with Crippen molar-refractivity contribution in [2.24, 2.45) is 0 Å². The average molecular weight is 346 g/mol. The van der Waals surface area contributed by atoms with Crippen LogP contribution >= 0.6 is 0 Å². The number of hydrogen-bond acceptors (Lipinski definition) is 3. The van der Waals surface area contributed by atoms with Crippen LogP contribution in [0.1, 0.15) is 23.2 Å². The maximum Gasteiger partial charge on any atom is 0.255 e. The third kappa shape index (κ3) is 3.60. The average Bonchev–Trinajstić information content (AvgIpc) is 2.99. The van der Waals surface area contributed by atoms with Gasteiger partial charge in [-0.1, -0.05) is 0 Å². The summed E-state index contributed by atoms with van der Waals surface area (Å²) in [6.45, 7) is 0.615. The number of rotatable bonds is 4. The highest BCUT2D eigenvalue weighted by molar-refractivity contribution is 6.05. The van der Waals surface area contributed by atoms with E-state index in [1.54, 1.807) is 23.1 Å². The number of nitrogens with one attached hydrogen (secondary N) is 1. The first-order valence-corrected chi connectivity index (χ1v) is 7.74. The molecule has 1 N–H and O–H groups in total. The second kappa shape index (κ2) is 6.88. The summed E-state index contributed by atoms with van der Waals surface area (Å²) in [5, 5.41) is 2.56. The summed E-state index contributed by atoms with van der Waals surface area (Å²) in [5.41, 5.74) is 0.886. The first kappa shape index (κ1) is 16.9. The Bertz CT molecular complexity index is 819. The van der Waals surface area contributed by atoms with Crippen LogP contribution in [0.3, 0.4) is 0 Å². The van der Waals surface area contributed by atoms with Crippen molar-refractivity contribution in [3.63, 3.8) is 0 Å². The van der Waals surface area contributed by atoms with E-state index >= 15 is 0 Å². The van der Waals surface area contributed by atoms with E-state index in [1.165, 1.54) is 7.11 Å². The van der Waals surface area contributed by atoms with Crippen molar-refractivity contribution < 1.29 is 23.1 Å². The van der Waals surface area contributed by atoms with E-state index in [0.717, 1.165) is 18.6 Å². The second-order valence-electron chi connectivity index (χ2n) is 5.65. The van der Waals surface area contributed by atoms with Crippen LogP contribution in [0.15, 0.2) is 36.4 Å². The molecule has 1 heterocycles. The minimum absolute atomic E-state index is 0.0188. The third-order valence-electron chi connectivity index (χ3n) is 3.93. The van der Waals surface area contributed by atoms with Crippen molar-refractivity contribution in [2.75, 3.05) is 23.9 Å². The van der Waals surface area contributed by atoms with Crippen molar-refractivity contribution in [1.29, 1.82) is 0 Å². The minimum atomic E-state index is -0.828. The van der Waals surface area contributed by atoms with E-state index in [9.17, 15) is 18.4 Å². The Balaban J connectivity index is 1.83. The molecule has 3 rings (SSSR count). The molecule has 0 saturated carbocycles. The highest BCUT2D eigenvalue weighted by atomic mass is 19.1. The molecule has 1 fully saturated rings. The van der Waals surface area contributed by atoms with Crippen molar-refractivity contribution >= 4 is 23.2 Å². The third-order valence-corrected chi connectivity index (χ3v) is 3.93. The number of benzene rings is 2. The Hall–Kier alpha value is -2.96. The number of hydrogen-bond donors (Lipinski definition) is 1. The van der Waals surface area contributed by atoms with Gasteiger partial charge in [0.2, 0.25) is 5.91 Å². The van der Waals surface area contributed by atoms with Crippen molar-refractivity contribution in [1.82, 2.24) is 0 Å². The Morgan fingerprint density at radius 2 is 1.88 bits per heavy atom. The molecular formula is C18H16F2N2O3. The van der Waals surface area contributed by atoms with Gasteiger partial charge in [-0.3, -0.25) is 9.59 Å². The van der Waals surface area contributed by atoms with E-state index in [1.807, 2.05) is 0 Å². The number of carbonyl (C=O) groups is 2. The Labute approximate surface area is 143 Å². The fraction of sp³-hybridized carbons (Fsp3) is 0.222. The molecule has 1 saturated heterocycles. The molecule has 7 heteroatoms.